The van der Waals surface area contributed by atoms with Crippen LogP contribution in [0.15, 0.2) is 30.3 Å². The molecule has 0 amide bonds. The van der Waals surface area contributed by atoms with Crippen LogP contribution in [0.2, 0.25) is 0 Å². The number of nitrogens with zero attached hydrogens (tertiary/aromatic N) is 1. The Bertz CT molecular complexity index is 880. The molecule has 0 saturated carbocycles. The van der Waals surface area contributed by atoms with Gasteiger partial charge in [0, 0.05) is 12.1 Å². The summed E-state index contributed by atoms with van der Waals surface area (Å²) in [5.74, 6) is -3.22. The number of halogens is 3. The second-order valence-corrected chi connectivity index (χ2v) is 4.84. The predicted octanol–water partition coefficient (Wildman–Crippen LogP) is 4.41. The van der Waals surface area contributed by atoms with Gasteiger partial charge in [-0.3, -0.25) is 4.57 Å². The van der Waals surface area contributed by atoms with Gasteiger partial charge in [0.05, 0.1) is 16.7 Å². The van der Waals surface area contributed by atoms with Crippen molar-refractivity contribution in [2.45, 2.75) is 6.92 Å². The molecule has 0 unspecified atom stereocenters. The quantitative estimate of drug-likeness (QED) is 0.520. The molecule has 1 N–H and O–H groups in total. The molecule has 0 atom stereocenters. The van der Waals surface area contributed by atoms with Gasteiger partial charge >= 0.3 is 0 Å². The molecular weight excluding hydrogens is 285 g/mol. The zero-order chi connectivity index (χ0) is 14.4. The number of aromatic amines is 1. The summed E-state index contributed by atoms with van der Waals surface area (Å²) in [5.41, 5.74) is 2.16. The fourth-order valence-corrected chi connectivity index (χ4v) is 2.49. The highest BCUT2D eigenvalue weighted by molar-refractivity contribution is 7.71. The highest BCUT2D eigenvalue weighted by Gasteiger charge is 2.15. The fourth-order valence-electron chi connectivity index (χ4n) is 2.20. The lowest BCUT2D eigenvalue weighted by molar-refractivity contribution is 0.493. The van der Waals surface area contributed by atoms with Crippen molar-refractivity contribution in [1.29, 1.82) is 0 Å². The summed E-state index contributed by atoms with van der Waals surface area (Å²) in [7, 11) is 0. The van der Waals surface area contributed by atoms with Crippen molar-refractivity contribution in [1.82, 2.24) is 9.55 Å². The molecule has 0 aliphatic carbocycles. The van der Waals surface area contributed by atoms with Gasteiger partial charge in [-0.05, 0) is 30.8 Å². The number of hydrogen-bond donors (Lipinski definition) is 1. The van der Waals surface area contributed by atoms with Crippen LogP contribution >= 0.6 is 12.2 Å². The number of nitrogens with one attached hydrogen (secondary N) is 1. The standard InChI is InChI=1S/C14H9F3N2S/c1-7-3-2-4-11-13(7)18-14(20)19(11)12-6-9(16)8(15)5-10(12)17/h2-6H,1H3,(H,18,20). The topological polar surface area (TPSA) is 20.7 Å². The summed E-state index contributed by atoms with van der Waals surface area (Å²) in [6, 6.07) is 6.71. The van der Waals surface area contributed by atoms with Crippen molar-refractivity contribution in [3.8, 4) is 5.69 Å². The maximum atomic E-state index is 13.9. The molecule has 0 aliphatic heterocycles. The van der Waals surface area contributed by atoms with Crippen molar-refractivity contribution < 1.29 is 13.2 Å². The third kappa shape index (κ3) is 1.84. The van der Waals surface area contributed by atoms with Crippen LogP contribution < -0.4 is 0 Å². The van der Waals surface area contributed by atoms with Gasteiger partial charge in [0.15, 0.2) is 16.4 Å². The molecule has 102 valence electrons. The van der Waals surface area contributed by atoms with Crippen molar-refractivity contribution in [2.75, 3.05) is 0 Å². The van der Waals surface area contributed by atoms with Crippen LogP contribution in [0.4, 0.5) is 13.2 Å². The highest BCUT2D eigenvalue weighted by Crippen LogP contribution is 2.25. The van der Waals surface area contributed by atoms with E-state index in [0.717, 1.165) is 17.1 Å². The zero-order valence-electron chi connectivity index (χ0n) is 10.4. The Morgan fingerprint density at radius 3 is 2.50 bits per heavy atom. The van der Waals surface area contributed by atoms with Crippen LogP contribution in [0, 0.1) is 29.1 Å². The van der Waals surface area contributed by atoms with Gasteiger partial charge in [-0.2, -0.15) is 0 Å². The number of aryl methyl sites for hydroxylation is 1. The largest absolute Gasteiger partial charge is 0.330 e. The van der Waals surface area contributed by atoms with Crippen molar-refractivity contribution in [3.63, 3.8) is 0 Å². The van der Waals surface area contributed by atoms with Gasteiger partial charge in [0.25, 0.3) is 0 Å². The van der Waals surface area contributed by atoms with E-state index in [1.54, 1.807) is 12.1 Å². The van der Waals surface area contributed by atoms with Gasteiger partial charge in [-0.25, -0.2) is 13.2 Å². The second kappa shape index (κ2) is 4.49. The van der Waals surface area contributed by atoms with Gasteiger partial charge in [0.2, 0.25) is 0 Å². The van der Waals surface area contributed by atoms with E-state index in [4.69, 9.17) is 12.2 Å². The molecule has 0 radical (unpaired) electrons. The number of rotatable bonds is 1. The molecule has 20 heavy (non-hydrogen) atoms. The van der Waals surface area contributed by atoms with E-state index in [2.05, 4.69) is 4.98 Å². The predicted molar refractivity (Wildman–Crippen MR) is 73.1 cm³/mol. The van der Waals surface area contributed by atoms with Crippen molar-refractivity contribution >= 4 is 23.3 Å². The number of fused-ring (bicyclic) bond motifs is 1. The Hall–Kier alpha value is -2.08. The van der Waals surface area contributed by atoms with Gasteiger partial charge in [-0.1, -0.05) is 12.1 Å². The summed E-state index contributed by atoms with van der Waals surface area (Å²) < 4.78 is 41.9. The number of H-pyrrole nitrogens is 1. The lowest BCUT2D eigenvalue weighted by Gasteiger charge is -2.07. The van der Waals surface area contributed by atoms with Gasteiger partial charge in [-0.15, -0.1) is 0 Å². The number of imidazole rings is 1. The minimum Gasteiger partial charge on any atom is -0.330 e. The Balaban J connectivity index is 2.41. The van der Waals surface area contributed by atoms with Crippen LogP contribution in [0.1, 0.15) is 5.56 Å². The number of benzene rings is 2. The lowest BCUT2D eigenvalue weighted by Crippen LogP contribution is -2.00. The first-order valence-electron chi connectivity index (χ1n) is 5.84. The molecule has 3 aromatic rings. The summed E-state index contributed by atoms with van der Waals surface area (Å²) in [4.78, 5) is 2.95. The van der Waals surface area contributed by atoms with Crippen LogP contribution in [-0.4, -0.2) is 9.55 Å². The minimum atomic E-state index is -1.23. The first kappa shape index (κ1) is 12.9. The Labute approximate surface area is 117 Å². The molecular formula is C14H9F3N2S. The molecule has 1 heterocycles. The summed E-state index contributed by atoms with van der Waals surface area (Å²) >= 11 is 5.15. The lowest BCUT2D eigenvalue weighted by atomic mass is 10.2. The van der Waals surface area contributed by atoms with Crippen LogP contribution in [-0.2, 0) is 0 Å². The van der Waals surface area contributed by atoms with Crippen LogP contribution in [0.25, 0.3) is 16.7 Å². The van der Waals surface area contributed by atoms with E-state index < -0.39 is 17.5 Å². The van der Waals surface area contributed by atoms with E-state index in [1.165, 1.54) is 4.57 Å². The van der Waals surface area contributed by atoms with E-state index in [0.29, 0.717) is 11.6 Å². The Kier molecular flexibility index (Phi) is 2.90. The average Bonchev–Trinajstić information content (AvgIpc) is 2.72. The fraction of sp³-hybridized carbons (Fsp3) is 0.0714. The molecule has 2 aromatic carbocycles. The van der Waals surface area contributed by atoms with Gasteiger partial charge in [0.1, 0.15) is 5.82 Å². The number of para-hydroxylation sites is 1. The molecule has 0 aliphatic rings. The summed E-state index contributed by atoms with van der Waals surface area (Å²) in [5, 5.41) is 0. The molecule has 0 spiro atoms. The van der Waals surface area contributed by atoms with E-state index in [-0.39, 0.29) is 10.5 Å². The SMILES string of the molecule is Cc1cccc2c1[nH]c(=S)n2-c1cc(F)c(F)cc1F. The molecule has 2 nitrogen and oxygen atoms in total. The molecule has 3 rings (SSSR count). The molecule has 0 fully saturated rings. The smallest absolute Gasteiger partial charge is 0.182 e. The minimum absolute atomic E-state index is 0.120. The third-order valence-electron chi connectivity index (χ3n) is 3.16. The number of aromatic nitrogens is 2. The molecule has 1 aromatic heterocycles. The first-order valence-corrected chi connectivity index (χ1v) is 6.25. The first-order chi connectivity index (χ1) is 9.49. The number of hydrogen-bond acceptors (Lipinski definition) is 1. The van der Waals surface area contributed by atoms with Crippen molar-refractivity contribution in [3.05, 3.63) is 58.1 Å². The van der Waals surface area contributed by atoms with E-state index >= 15 is 0 Å². The third-order valence-corrected chi connectivity index (χ3v) is 3.44. The van der Waals surface area contributed by atoms with Gasteiger partial charge < -0.3 is 4.98 Å². The highest BCUT2D eigenvalue weighted by atomic mass is 32.1. The van der Waals surface area contributed by atoms with E-state index in [1.807, 2.05) is 13.0 Å². The van der Waals surface area contributed by atoms with E-state index in [9.17, 15) is 13.2 Å². The maximum absolute atomic E-state index is 13.9. The van der Waals surface area contributed by atoms with Crippen LogP contribution in [0.5, 0.6) is 0 Å². The normalized spacial score (nSPS) is 11.2. The Morgan fingerprint density at radius 1 is 1.05 bits per heavy atom. The zero-order valence-corrected chi connectivity index (χ0v) is 11.2. The Morgan fingerprint density at radius 2 is 1.75 bits per heavy atom. The molecule has 6 heteroatoms. The maximum Gasteiger partial charge on any atom is 0.182 e. The monoisotopic (exact) mass is 294 g/mol. The molecule has 0 saturated heterocycles. The second-order valence-electron chi connectivity index (χ2n) is 4.45. The van der Waals surface area contributed by atoms with Crippen LogP contribution in [0.3, 0.4) is 0 Å². The summed E-state index contributed by atoms with van der Waals surface area (Å²) in [6.07, 6.45) is 0. The van der Waals surface area contributed by atoms with Crippen molar-refractivity contribution in [2.24, 2.45) is 0 Å². The summed E-state index contributed by atoms with van der Waals surface area (Å²) in [6.45, 7) is 1.87. The molecule has 0 bridgehead atoms. The average molecular weight is 294 g/mol.